The van der Waals surface area contributed by atoms with E-state index in [0.717, 1.165) is 5.69 Å². The molecule has 0 bridgehead atoms. The first kappa shape index (κ1) is 56.4. The van der Waals surface area contributed by atoms with E-state index in [4.69, 9.17) is 0 Å². The Bertz CT molecular complexity index is 4560. The van der Waals surface area contributed by atoms with Gasteiger partial charge in [0.15, 0.2) is 0 Å². The van der Waals surface area contributed by atoms with Crippen molar-refractivity contribution < 1.29 is 21.2 Å². The SMILES string of the molecule is CCC[I-]c1ccc2c(c1)B1c3sc4ccc(C(C)(C)C)cc4c3N(c3cc(-c4ccc(C(C)(C)C)cc4)cc(-c4ccc(C(C)(C)C)cc4)c3)c3cccc(c31)N2c1ccc(C(C)(C)C)cc1-c1ccc2c3ccccc3c3ccccc3c2c1. The topological polar surface area (TPSA) is 6.48 Å². The van der Waals surface area contributed by atoms with E-state index in [1.807, 2.05) is 11.3 Å². The molecule has 428 valence electrons. The molecule has 1 aromatic heterocycles. The van der Waals surface area contributed by atoms with Crippen LogP contribution in [-0.4, -0.2) is 11.1 Å². The first-order valence-corrected chi connectivity index (χ1v) is 34.4. The van der Waals surface area contributed by atoms with Crippen LogP contribution in [0.1, 0.15) is 119 Å². The van der Waals surface area contributed by atoms with Gasteiger partial charge < -0.3 is 0 Å². The van der Waals surface area contributed by atoms with Crippen molar-refractivity contribution in [1.82, 2.24) is 0 Å². The van der Waals surface area contributed by atoms with E-state index in [1.54, 1.807) is 0 Å². The fourth-order valence-electron chi connectivity index (χ4n) is 13.6. The van der Waals surface area contributed by atoms with Crippen LogP contribution in [0.15, 0.2) is 206 Å². The normalized spacial score (nSPS) is 13.5. The predicted molar refractivity (Wildman–Crippen MR) is 373 cm³/mol. The third-order valence-corrected chi connectivity index (χ3v) is 22.7. The number of alkyl halides is 1. The second kappa shape index (κ2) is 20.9. The zero-order valence-electron chi connectivity index (χ0n) is 52.3. The van der Waals surface area contributed by atoms with Crippen molar-refractivity contribution in [3.05, 3.63) is 232 Å². The van der Waals surface area contributed by atoms with Gasteiger partial charge in [-0.2, -0.15) is 0 Å². The van der Waals surface area contributed by atoms with Gasteiger partial charge in [-0.3, -0.25) is 0 Å². The summed E-state index contributed by atoms with van der Waals surface area (Å²) >= 11 is 1.81. The summed E-state index contributed by atoms with van der Waals surface area (Å²) in [7, 11) is 0. The van der Waals surface area contributed by atoms with Crippen LogP contribution in [0.4, 0.5) is 34.1 Å². The maximum atomic E-state index is 2.69. The Kier molecular flexibility index (Phi) is 13.7. The van der Waals surface area contributed by atoms with Crippen molar-refractivity contribution in [2.75, 3.05) is 14.2 Å². The quantitative estimate of drug-likeness (QED) is 0.0647. The van der Waals surface area contributed by atoms with Gasteiger partial charge in [0, 0.05) is 0 Å². The van der Waals surface area contributed by atoms with Gasteiger partial charge in [-0.1, -0.05) is 108 Å². The number of thiophene rings is 1. The number of rotatable bonds is 8. The van der Waals surface area contributed by atoms with E-state index in [1.165, 1.54) is 157 Å². The molecule has 0 fully saturated rings. The van der Waals surface area contributed by atoms with Gasteiger partial charge in [-0.15, -0.1) is 0 Å². The molecule has 11 aromatic carbocycles. The minimum absolute atomic E-state index is 0.00919. The Morgan fingerprint density at radius 3 is 1.45 bits per heavy atom. The second-order valence-corrected chi connectivity index (χ2v) is 32.5. The molecule has 2 nitrogen and oxygen atoms in total. The molecule has 0 unspecified atom stereocenters. The average Bonchev–Trinajstić information content (AvgIpc) is 1.27. The molecule has 0 radical (unpaired) electrons. The van der Waals surface area contributed by atoms with Gasteiger partial charge in [0.2, 0.25) is 0 Å². The zero-order valence-corrected chi connectivity index (χ0v) is 55.3. The molecule has 0 N–H and O–H groups in total. The van der Waals surface area contributed by atoms with Gasteiger partial charge in [-0.05, 0) is 27.3 Å². The van der Waals surface area contributed by atoms with Crippen molar-refractivity contribution in [1.29, 1.82) is 0 Å². The molecule has 14 rings (SSSR count). The molecule has 2 aliphatic heterocycles. The van der Waals surface area contributed by atoms with Crippen LogP contribution in [0, 0.1) is 3.57 Å². The summed E-state index contributed by atoms with van der Waals surface area (Å²) < 4.78 is 5.50. The fourth-order valence-corrected chi connectivity index (χ4v) is 17.0. The van der Waals surface area contributed by atoms with Gasteiger partial charge in [-0.25, -0.2) is 0 Å². The van der Waals surface area contributed by atoms with E-state index < -0.39 is 0 Å². The number of fused-ring (bicyclic) bond motifs is 12. The number of nitrogens with zero attached hydrogens (tertiary/aromatic N) is 2. The molecule has 5 heteroatoms. The predicted octanol–water partition coefficient (Wildman–Crippen LogP) is 18.3. The Labute approximate surface area is 525 Å². The molecule has 0 aliphatic carbocycles. The van der Waals surface area contributed by atoms with Crippen LogP contribution in [-0.2, 0) is 21.7 Å². The van der Waals surface area contributed by atoms with E-state index in [2.05, 4.69) is 306 Å². The van der Waals surface area contributed by atoms with Crippen molar-refractivity contribution in [2.24, 2.45) is 0 Å². The summed E-state index contributed by atoms with van der Waals surface area (Å²) in [5, 5.41) is 9.05. The number of benzene rings is 11. The summed E-state index contributed by atoms with van der Waals surface area (Å²) in [5.74, 6) is 0. The van der Waals surface area contributed by atoms with Gasteiger partial charge in [0.05, 0.1) is 0 Å². The Morgan fingerprint density at radius 1 is 0.384 bits per heavy atom. The van der Waals surface area contributed by atoms with Crippen molar-refractivity contribution in [2.45, 2.75) is 118 Å². The first-order valence-electron chi connectivity index (χ1n) is 31.0. The molecule has 0 saturated heterocycles. The second-order valence-electron chi connectivity index (χ2n) is 28.4. The number of hydrogen-bond donors (Lipinski definition) is 0. The molecular formula is C81H77BIN2S-. The molecule has 86 heavy (non-hydrogen) atoms. The molecule has 0 spiro atoms. The van der Waals surface area contributed by atoms with Crippen LogP contribution in [0.25, 0.3) is 75.8 Å². The summed E-state index contributed by atoms with van der Waals surface area (Å²) in [6, 6.07) is 80.9. The number of halogens is 1. The summed E-state index contributed by atoms with van der Waals surface area (Å²) in [6.45, 7) is 30.3. The molecular weight excluding hydrogens is 1170 g/mol. The third kappa shape index (κ3) is 9.67. The number of hydrogen-bond acceptors (Lipinski definition) is 3. The monoisotopic (exact) mass is 1250 g/mol. The molecule has 0 amide bonds. The molecule has 3 heterocycles. The third-order valence-electron chi connectivity index (χ3n) is 18.4. The molecule has 0 saturated carbocycles. The standard InChI is InChI=1S/C81H77BIN2S/c1-14-42-83-59-37-40-71-69(49-59)82-75-72(24-19-25-73(75)85(71)70-39-35-57(80(8,9)10)47-66(70)52-30-38-65-63-22-16-15-20-61(63)62-21-17-18-23-64(62)67(65)46-52)84(76-68-48-58(81(11,12)13)36-41-74(68)86-77(76)82)60-44-53(50-26-31-55(32-27-50)78(2,3)4)43-54(45-60)51-28-33-56(34-29-51)79(5,6)7/h15-41,43-49H,14,42H2,1-13H3/q-1. The van der Waals surface area contributed by atoms with E-state index in [0.29, 0.717) is 0 Å². The fraction of sp³-hybridized carbons (Fsp3) is 0.235. The van der Waals surface area contributed by atoms with Crippen molar-refractivity contribution in [3.8, 4) is 33.4 Å². The van der Waals surface area contributed by atoms with Gasteiger partial charge in [0.1, 0.15) is 0 Å². The van der Waals surface area contributed by atoms with Crippen LogP contribution in [0.5, 0.6) is 0 Å². The average molecular weight is 1250 g/mol. The Hall–Kier alpha value is -7.45. The van der Waals surface area contributed by atoms with Gasteiger partial charge >= 0.3 is 394 Å². The molecule has 0 atom stereocenters. The van der Waals surface area contributed by atoms with Crippen molar-refractivity contribution in [3.63, 3.8) is 0 Å². The van der Waals surface area contributed by atoms with E-state index >= 15 is 0 Å². The van der Waals surface area contributed by atoms with E-state index in [9.17, 15) is 0 Å². The zero-order chi connectivity index (χ0) is 59.8. The van der Waals surface area contributed by atoms with Crippen LogP contribution in [0.2, 0.25) is 0 Å². The summed E-state index contributed by atoms with van der Waals surface area (Å²) in [6.07, 6.45) is 1.20. The summed E-state index contributed by atoms with van der Waals surface area (Å²) in [5.41, 5.74) is 22.7. The first-order chi connectivity index (χ1) is 41.1. The minimum atomic E-state index is -0.197. The molecule has 2 aliphatic rings. The number of anilines is 6. The molecule has 12 aromatic rings. The Balaban J connectivity index is 1.06. The van der Waals surface area contributed by atoms with Crippen molar-refractivity contribution >= 4 is 110 Å². The van der Waals surface area contributed by atoms with Crippen LogP contribution in [0.3, 0.4) is 0 Å². The van der Waals surface area contributed by atoms with Crippen LogP contribution >= 0.6 is 11.3 Å². The summed E-state index contributed by atoms with van der Waals surface area (Å²) in [4.78, 5) is 5.36. The van der Waals surface area contributed by atoms with Crippen LogP contribution < -0.4 is 46.7 Å². The Morgan fingerprint density at radius 2 is 0.884 bits per heavy atom. The van der Waals surface area contributed by atoms with Gasteiger partial charge in [0.25, 0.3) is 0 Å². The maximum absolute atomic E-state index is 2.69. The van der Waals surface area contributed by atoms with E-state index in [-0.39, 0.29) is 49.6 Å².